The van der Waals surface area contributed by atoms with Crippen LogP contribution in [0.25, 0.3) is 10.8 Å². The highest BCUT2D eigenvalue weighted by Crippen LogP contribution is 2.23. The first kappa shape index (κ1) is 22.1. The van der Waals surface area contributed by atoms with E-state index in [1.165, 1.54) is 11.8 Å². The highest BCUT2D eigenvalue weighted by Gasteiger charge is 2.21. The summed E-state index contributed by atoms with van der Waals surface area (Å²) in [5, 5.41) is 16.0. The van der Waals surface area contributed by atoms with Gasteiger partial charge < -0.3 is 21.5 Å². The van der Waals surface area contributed by atoms with Crippen LogP contribution < -0.4 is 16.4 Å². The normalized spacial score (nSPS) is 13.0. The number of hydrogen-bond acceptors (Lipinski definition) is 6. The van der Waals surface area contributed by atoms with Crippen molar-refractivity contribution in [1.82, 2.24) is 5.32 Å². The van der Waals surface area contributed by atoms with Crippen LogP contribution in [0.3, 0.4) is 0 Å². The number of amides is 2. The van der Waals surface area contributed by atoms with Gasteiger partial charge >= 0.3 is 5.97 Å². The van der Waals surface area contributed by atoms with E-state index in [9.17, 15) is 19.5 Å². The Morgan fingerprint density at radius 3 is 2.64 bits per heavy atom. The molecule has 0 aromatic heterocycles. The smallest absolute Gasteiger partial charge is 0.326 e. The molecule has 2 rings (SSSR count). The molecule has 7 nitrogen and oxygen atoms in total. The van der Waals surface area contributed by atoms with Gasteiger partial charge in [-0.25, -0.2) is 4.79 Å². The zero-order chi connectivity index (χ0) is 20.7. The number of carbonyl (C=O) groups is 3. The lowest BCUT2D eigenvalue weighted by molar-refractivity contribution is -0.139. The zero-order valence-corrected chi connectivity index (χ0v) is 17.1. The van der Waals surface area contributed by atoms with Crippen LogP contribution in [0, 0.1) is 0 Å². The van der Waals surface area contributed by atoms with E-state index >= 15 is 0 Å². The summed E-state index contributed by atoms with van der Waals surface area (Å²) in [5.41, 5.74) is 6.58. The molecule has 0 aliphatic carbocycles. The van der Waals surface area contributed by atoms with E-state index in [-0.39, 0.29) is 11.7 Å². The molecule has 0 saturated heterocycles. The molecule has 0 unspecified atom stereocenters. The molecule has 0 bridgehead atoms. The number of fused-ring (bicyclic) bond motifs is 1. The van der Waals surface area contributed by atoms with Gasteiger partial charge in [-0.1, -0.05) is 18.2 Å². The minimum Gasteiger partial charge on any atom is -0.480 e. The van der Waals surface area contributed by atoms with Crippen LogP contribution in [0.2, 0.25) is 0 Å². The van der Waals surface area contributed by atoms with Crippen molar-refractivity contribution >= 4 is 58.6 Å². The summed E-state index contributed by atoms with van der Waals surface area (Å²) >= 11 is 5.53. The van der Waals surface area contributed by atoms with Gasteiger partial charge in [-0.3, -0.25) is 9.59 Å². The monoisotopic (exact) mass is 421 g/mol. The Morgan fingerprint density at radius 2 is 2.00 bits per heavy atom. The lowest BCUT2D eigenvalue weighted by atomic mass is 10.0. The van der Waals surface area contributed by atoms with Crippen molar-refractivity contribution in [1.29, 1.82) is 0 Å². The van der Waals surface area contributed by atoms with E-state index in [1.807, 2.05) is 12.3 Å². The number of anilines is 1. The molecule has 0 saturated carbocycles. The van der Waals surface area contributed by atoms with Crippen LogP contribution >= 0.6 is 24.4 Å². The highest BCUT2D eigenvalue weighted by molar-refractivity contribution is 7.98. The molecular formula is C19H23N3O4S2. The number of aliphatic carboxylic acids is 1. The van der Waals surface area contributed by atoms with Crippen molar-refractivity contribution in [2.24, 2.45) is 5.73 Å². The van der Waals surface area contributed by atoms with Crippen molar-refractivity contribution in [3.05, 3.63) is 42.0 Å². The quantitative estimate of drug-likeness (QED) is 0.395. The van der Waals surface area contributed by atoms with E-state index in [4.69, 9.17) is 5.73 Å². The number of carboxylic acid groups (broad SMARTS) is 1. The van der Waals surface area contributed by atoms with Crippen LogP contribution in [0.1, 0.15) is 16.8 Å². The molecule has 2 aromatic rings. The third kappa shape index (κ3) is 5.63. The Labute approximate surface area is 172 Å². The number of carbonyl (C=O) groups excluding carboxylic acids is 2. The number of carboxylic acids is 1. The lowest BCUT2D eigenvalue weighted by Crippen LogP contribution is -2.41. The minimum atomic E-state index is -1.06. The molecule has 0 fully saturated rings. The van der Waals surface area contributed by atoms with Gasteiger partial charge in [0.25, 0.3) is 5.91 Å². The van der Waals surface area contributed by atoms with E-state index in [1.54, 1.807) is 30.3 Å². The molecule has 0 aliphatic rings. The van der Waals surface area contributed by atoms with Crippen molar-refractivity contribution in [3.8, 4) is 0 Å². The predicted octanol–water partition coefficient (Wildman–Crippen LogP) is 1.97. The van der Waals surface area contributed by atoms with Gasteiger partial charge in [0, 0.05) is 17.0 Å². The SMILES string of the molecule is CSCC[C@H](NC(=O)c1cccc2cc(NC(=O)[C@@H](N)CS)ccc12)C(=O)O. The molecule has 150 valence electrons. The van der Waals surface area contributed by atoms with E-state index < -0.39 is 24.0 Å². The van der Waals surface area contributed by atoms with Crippen molar-refractivity contribution in [3.63, 3.8) is 0 Å². The summed E-state index contributed by atoms with van der Waals surface area (Å²) in [5.74, 6) is -1.00. The van der Waals surface area contributed by atoms with Crippen LogP contribution in [0.5, 0.6) is 0 Å². The molecule has 0 heterocycles. The number of nitrogens with one attached hydrogen (secondary N) is 2. The summed E-state index contributed by atoms with van der Waals surface area (Å²) in [7, 11) is 0. The fourth-order valence-corrected chi connectivity index (χ4v) is 3.24. The number of hydrogen-bond donors (Lipinski definition) is 5. The fraction of sp³-hybridized carbons (Fsp3) is 0.316. The van der Waals surface area contributed by atoms with Crippen molar-refractivity contribution < 1.29 is 19.5 Å². The summed E-state index contributed by atoms with van der Waals surface area (Å²) in [6, 6.07) is 8.61. The second-order valence-corrected chi connectivity index (χ2v) is 7.52. The summed E-state index contributed by atoms with van der Waals surface area (Å²) < 4.78 is 0. The van der Waals surface area contributed by atoms with Crippen molar-refractivity contribution in [2.45, 2.75) is 18.5 Å². The third-order valence-electron chi connectivity index (χ3n) is 4.14. The van der Waals surface area contributed by atoms with Gasteiger partial charge in [0.1, 0.15) is 6.04 Å². The average Bonchev–Trinajstić information content (AvgIpc) is 2.69. The number of rotatable bonds is 9. The third-order valence-corrected chi connectivity index (χ3v) is 5.18. The summed E-state index contributed by atoms with van der Waals surface area (Å²) in [6.07, 6.45) is 2.22. The van der Waals surface area contributed by atoms with Gasteiger partial charge in [0.15, 0.2) is 0 Å². The van der Waals surface area contributed by atoms with E-state index in [0.29, 0.717) is 28.8 Å². The molecule has 5 N–H and O–H groups in total. The number of nitrogens with two attached hydrogens (primary N) is 1. The van der Waals surface area contributed by atoms with Crippen LogP contribution in [-0.2, 0) is 9.59 Å². The first-order valence-corrected chi connectivity index (χ1v) is 10.6. The van der Waals surface area contributed by atoms with Crippen LogP contribution in [0.4, 0.5) is 5.69 Å². The molecular weight excluding hydrogens is 398 g/mol. The fourth-order valence-electron chi connectivity index (χ4n) is 2.61. The standard InChI is InChI=1S/C19H23N3O4S2/c1-28-8-7-16(19(25)26)22-17(23)14-4-2-3-11-9-12(5-6-13(11)14)21-18(24)15(20)10-27/h2-6,9,15-16,27H,7-8,10,20H2,1H3,(H,21,24)(H,22,23)(H,25,26)/t15-,16-/m0/s1. The second-order valence-electron chi connectivity index (χ2n) is 6.17. The maximum absolute atomic E-state index is 12.7. The first-order chi connectivity index (χ1) is 13.4. The summed E-state index contributed by atoms with van der Waals surface area (Å²) in [6.45, 7) is 0. The molecule has 0 aliphatic heterocycles. The van der Waals surface area contributed by atoms with Gasteiger partial charge in [-0.05, 0) is 47.4 Å². The second kappa shape index (κ2) is 10.4. The molecule has 0 radical (unpaired) electrons. The average molecular weight is 422 g/mol. The Balaban J connectivity index is 2.24. The number of benzene rings is 2. The molecule has 9 heteroatoms. The lowest BCUT2D eigenvalue weighted by Gasteiger charge is -2.15. The molecule has 28 heavy (non-hydrogen) atoms. The highest BCUT2D eigenvalue weighted by atomic mass is 32.2. The van der Waals surface area contributed by atoms with Gasteiger partial charge in [-0.2, -0.15) is 24.4 Å². The van der Waals surface area contributed by atoms with Gasteiger partial charge in [0.2, 0.25) is 5.91 Å². The summed E-state index contributed by atoms with van der Waals surface area (Å²) in [4.78, 5) is 36.0. The minimum absolute atomic E-state index is 0.227. The molecule has 2 atom stereocenters. The molecule has 0 spiro atoms. The van der Waals surface area contributed by atoms with Crippen LogP contribution in [-0.4, -0.2) is 52.7 Å². The Bertz CT molecular complexity index is 875. The largest absolute Gasteiger partial charge is 0.480 e. The Hall–Kier alpha value is -2.23. The van der Waals surface area contributed by atoms with Crippen molar-refractivity contribution in [2.75, 3.05) is 23.1 Å². The Morgan fingerprint density at radius 1 is 1.25 bits per heavy atom. The number of thioether (sulfide) groups is 1. The van der Waals surface area contributed by atoms with E-state index in [0.717, 1.165) is 5.39 Å². The van der Waals surface area contributed by atoms with Crippen LogP contribution in [0.15, 0.2) is 36.4 Å². The Kier molecular flexibility index (Phi) is 8.16. The van der Waals surface area contributed by atoms with Gasteiger partial charge in [-0.15, -0.1) is 0 Å². The molecule has 2 aromatic carbocycles. The van der Waals surface area contributed by atoms with E-state index in [2.05, 4.69) is 23.3 Å². The first-order valence-electron chi connectivity index (χ1n) is 8.60. The maximum Gasteiger partial charge on any atom is 0.326 e. The number of thiol groups is 1. The topological polar surface area (TPSA) is 122 Å². The predicted molar refractivity (Wildman–Crippen MR) is 116 cm³/mol. The molecule has 2 amide bonds. The van der Waals surface area contributed by atoms with Gasteiger partial charge in [0.05, 0.1) is 6.04 Å². The zero-order valence-electron chi connectivity index (χ0n) is 15.3. The maximum atomic E-state index is 12.7.